The summed E-state index contributed by atoms with van der Waals surface area (Å²) in [6.07, 6.45) is 1.50. The number of nitrogens with zero attached hydrogens (tertiary/aromatic N) is 1. The van der Waals surface area contributed by atoms with Crippen LogP contribution in [0.1, 0.15) is 0 Å². The van der Waals surface area contributed by atoms with Gasteiger partial charge in [-0.1, -0.05) is 12.1 Å². The van der Waals surface area contributed by atoms with Crippen LogP contribution < -0.4 is 5.76 Å². The van der Waals surface area contributed by atoms with Crippen molar-refractivity contribution >= 4 is 38.9 Å². The van der Waals surface area contributed by atoms with Crippen LogP contribution in [-0.4, -0.2) is 9.69 Å². The van der Waals surface area contributed by atoms with Gasteiger partial charge in [-0.15, -0.1) is 0 Å². The third-order valence-electron chi connectivity index (χ3n) is 1.43. The van der Waals surface area contributed by atoms with Gasteiger partial charge in [0.05, 0.1) is 0 Å². The Hall–Kier alpha value is -1.39. The highest BCUT2D eigenvalue weighted by molar-refractivity contribution is 6.93. The minimum atomic E-state index is -0.889. The maximum atomic E-state index is 10.6. The van der Waals surface area contributed by atoms with E-state index in [4.69, 9.17) is 9.21 Å². The quantitative estimate of drug-likeness (QED) is 0.670. The van der Waals surface area contributed by atoms with Gasteiger partial charge in [0.25, 0.3) is 0 Å². The van der Waals surface area contributed by atoms with Crippen molar-refractivity contribution in [3.63, 3.8) is 0 Å². The second-order valence-electron chi connectivity index (χ2n) is 2.39. The van der Waals surface area contributed by atoms with Crippen molar-refractivity contribution in [1.29, 1.82) is 0 Å². The fraction of sp³-hybridized carbons (Fsp3) is 0. The van der Waals surface area contributed by atoms with Gasteiger partial charge in [0.1, 0.15) is 5.58 Å². The lowest BCUT2D eigenvalue weighted by Gasteiger charge is -1.90. The van der Waals surface area contributed by atoms with E-state index in [2.05, 4.69) is 28.2 Å². The van der Waals surface area contributed by atoms with E-state index in [9.17, 15) is 4.79 Å². The van der Waals surface area contributed by atoms with Crippen LogP contribution in [0, 0.1) is 0 Å². The van der Waals surface area contributed by atoms with Gasteiger partial charge in [0.2, 0.25) is 0 Å². The zero-order valence-electron chi connectivity index (χ0n) is 7.31. The van der Waals surface area contributed by atoms with Crippen molar-refractivity contribution in [3.8, 4) is 0 Å². The maximum Gasteiger partial charge on any atom is 0.439 e. The molecule has 0 atom stereocenters. The Labute approximate surface area is 94.4 Å². The Kier molecular flexibility index (Phi) is 4.27. The van der Waals surface area contributed by atoms with Gasteiger partial charge in [-0.3, -0.25) is 4.79 Å². The molecule has 0 saturated carbocycles. The summed E-state index contributed by atoms with van der Waals surface area (Å²) in [6.45, 7) is 0. The molecule has 0 aliphatic rings. The molecule has 0 N–H and O–H groups in total. The lowest BCUT2D eigenvalue weighted by molar-refractivity contribution is 0.275. The van der Waals surface area contributed by atoms with Crippen molar-refractivity contribution in [2.45, 2.75) is 0 Å². The molecule has 1 heterocycles. The predicted octanol–water partition coefficient (Wildman–Crippen LogP) is 2.77. The molecule has 6 heteroatoms. The molecular formula is C9H5Cl2NO3. The minimum Gasteiger partial charge on any atom is -0.408 e. The summed E-state index contributed by atoms with van der Waals surface area (Å²) in [5.74, 6) is -0.552. The number of fused-ring (bicyclic) bond motifs is 1. The zero-order valence-corrected chi connectivity index (χ0v) is 8.83. The Bertz CT molecular complexity index is 520. The first kappa shape index (κ1) is 11.7. The monoisotopic (exact) mass is 245 g/mol. The number of halogens is 2. The highest BCUT2D eigenvalue weighted by Crippen LogP contribution is 2.07. The van der Waals surface area contributed by atoms with E-state index in [1.54, 1.807) is 6.07 Å². The van der Waals surface area contributed by atoms with E-state index < -0.39 is 10.5 Å². The second-order valence-corrected chi connectivity index (χ2v) is 3.27. The molecule has 2 rings (SSSR count). The lowest BCUT2D eigenvalue weighted by atomic mass is 10.3. The zero-order chi connectivity index (χ0) is 11.3. The first-order valence-corrected chi connectivity index (χ1v) is 4.55. The molecule has 0 aliphatic carbocycles. The third-order valence-corrected chi connectivity index (χ3v) is 1.43. The van der Waals surface area contributed by atoms with Crippen LogP contribution in [0.5, 0.6) is 0 Å². The van der Waals surface area contributed by atoms with Crippen LogP contribution in [0.2, 0.25) is 0 Å². The normalized spacial score (nSPS) is 9.20. The maximum absolute atomic E-state index is 10.6. The van der Waals surface area contributed by atoms with E-state index in [0.29, 0.717) is 5.58 Å². The number of carbonyl (C=O) groups is 1. The van der Waals surface area contributed by atoms with Gasteiger partial charge in [-0.2, -0.15) is 4.98 Å². The fourth-order valence-corrected chi connectivity index (χ4v) is 0.923. The summed E-state index contributed by atoms with van der Waals surface area (Å²) in [4.78, 5) is 23.1. The molecule has 0 saturated heterocycles. The highest BCUT2D eigenvalue weighted by atomic mass is 35.5. The highest BCUT2D eigenvalue weighted by Gasteiger charge is 1.93. The summed E-state index contributed by atoms with van der Waals surface area (Å²) in [6, 6.07) is 7.25. The molecule has 0 bridgehead atoms. The fourth-order valence-electron chi connectivity index (χ4n) is 0.923. The lowest BCUT2D eigenvalue weighted by Crippen LogP contribution is -2.00. The van der Waals surface area contributed by atoms with Gasteiger partial charge in [0.15, 0.2) is 0 Å². The number of hydrogen-bond donors (Lipinski definition) is 0. The molecule has 0 aliphatic heterocycles. The van der Waals surface area contributed by atoms with Crippen LogP contribution in [0.15, 0.2) is 39.7 Å². The summed E-state index contributed by atoms with van der Waals surface area (Å²) in [5, 5.41) is 0.840. The first-order chi connectivity index (χ1) is 7.09. The Morgan fingerprint density at radius 2 is 1.87 bits per heavy atom. The molecule has 0 spiro atoms. The molecule has 0 amide bonds. The van der Waals surface area contributed by atoms with Gasteiger partial charge in [-0.05, 0) is 35.3 Å². The Balaban J connectivity index is 0.000000245. The molecule has 0 unspecified atom stereocenters. The summed E-state index contributed by atoms with van der Waals surface area (Å²) in [7, 11) is 0. The van der Waals surface area contributed by atoms with E-state index >= 15 is 0 Å². The largest absolute Gasteiger partial charge is 0.439 e. The van der Waals surface area contributed by atoms with Crippen molar-refractivity contribution < 1.29 is 9.21 Å². The summed E-state index contributed by atoms with van der Waals surface area (Å²) < 4.78 is 3.91. The van der Waals surface area contributed by atoms with Crippen LogP contribution in [0.3, 0.4) is 0 Å². The van der Waals surface area contributed by atoms with E-state index in [-0.39, 0.29) is 0 Å². The van der Waals surface area contributed by atoms with Gasteiger partial charge in [-0.25, -0.2) is 4.79 Å². The van der Waals surface area contributed by atoms with Gasteiger partial charge >= 0.3 is 10.5 Å². The molecule has 4 nitrogen and oxygen atoms in total. The van der Waals surface area contributed by atoms with E-state index in [1.165, 1.54) is 6.20 Å². The molecule has 15 heavy (non-hydrogen) atoms. The topological polar surface area (TPSA) is 60.2 Å². The number of para-hydroxylation sites is 1. The molecule has 0 radical (unpaired) electrons. The molecule has 1 aromatic carbocycles. The van der Waals surface area contributed by atoms with Crippen LogP contribution >= 0.6 is 23.2 Å². The number of hydrogen-bond acceptors (Lipinski definition) is 4. The van der Waals surface area contributed by atoms with Gasteiger partial charge in [0, 0.05) is 11.6 Å². The minimum absolute atomic E-state index is 0.552. The van der Waals surface area contributed by atoms with Crippen LogP contribution in [0.4, 0.5) is 4.79 Å². The molecule has 1 aromatic heterocycles. The average molecular weight is 246 g/mol. The number of aromatic nitrogens is 1. The van der Waals surface area contributed by atoms with Crippen molar-refractivity contribution in [1.82, 2.24) is 4.98 Å². The molecule has 0 fully saturated rings. The molecule has 2 aromatic rings. The predicted molar refractivity (Wildman–Crippen MR) is 57.4 cm³/mol. The average Bonchev–Trinajstić information content (AvgIpc) is 2.16. The summed E-state index contributed by atoms with van der Waals surface area (Å²) >= 11 is 8.80. The second kappa shape index (κ2) is 5.48. The first-order valence-electron chi connectivity index (χ1n) is 3.79. The van der Waals surface area contributed by atoms with Crippen molar-refractivity contribution in [2.75, 3.05) is 0 Å². The summed E-state index contributed by atoms with van der Waals surface area (Å²) in [5.41, 5.74) is 0.576. The van der Waals surface area contributed by atoms with Crippen molar-refractivity contribution in [3.05, 3.63) is 41.0 Å². The smallest absolute Gasteiger partial charge is 0.408 e. The Morgan fingerprint density at radius 1 is 1.27 bits per heavy atom. The number of benzene rings is 1. The van der Waals surface area contributed by atoms with Crippen LogP contribution in [-0.2, 0) is 0 Å². The van der Waals surface area contributed by atoms with Crippen molar-refractivity contribution in [2.24, 2.45) is 0 Å². The van der Waals surface area contributed by atoms with Gasteiger partial charge < -0.3 is 4.42 Å². The Morgan fingerprint density at radius 3 is 2.53 bits per heavy atom. The molecule has 78 valence electrons. The standard InChI is InChI=1S/C8H5NO2.CCl2O/c10-8-9-5-6-3-1-2-4-7(6)11-8;2-1(3)4/h1-5H;. The SMILES string of the molecule is O=C(Cl)Cl.O=c1ncc2ccccc2o1. The third kappa shape index (κ3) is 4.10. The van der Waals surface area contributed by atoms with E-state index in [0.717, 1.165) is 5.39 Å². The van der Waals surface area contributed by atoms with E-state index in [1.807, 2.05) is 18.2 Å². The van der Waals surface area contributed by atoms with Crippen LogP contribution in [0.25, 0.3) is 11.0 Å². The number of carbonyl (C=O) groups excluding carboxylic acids is 1. The molecular weight excluding hydrogens is 241 g/mol. The number of rotatable bonds is 0.